The van der Waals surface area contributed by atoms with E-state index in [0.717, 1.165) is 54.7 Å². The van der Waals surface area contributed by atoms with E-state index in [1.807, 2.05) is 48.5 Å². The third kappa shape index (κ3) is 13.5. The molecular formula is C39H48Cl2N2O4. The van der Waals surface area contributed by atoms with E-state index in [9.17, 15) is 10.2 Å². The summed E-state index contributed by atoms with van der Waals surface area (Å²) in [7, 11) is 0. The van der Waals surface area contributed by atoms with E-state index in [1.165, 1.54) is 11.1 Å². The molecule has 0 heterocycles. The zero-order chi connectivity index (χ0) is 33.4. The summed E-state index contributed by atoms with van der Waals surface area (Å²) in [5.41, 5.74) is 4.07. The molecule has 0 aromatic heterocycles. The highest BCUT2D eigenvalue weighted by atomic mass is 35.5. The molecule has 4 aromatic carbocycles. The van der Waals surface area contributed by atoms with Gasteiger partial charge in [0.25, 0.3) is 0 Å². The second-order valence-electron chi connectivity index (χ2n) is 12.2. The summed E-state index contributed by atoms with van der Waals surface area (Å²) in [5.74, 6) is 1.76. The number of hydrogen-bond donors (Lipinski definition) is 4. The number of aliphatic hydroxyl groups is 2. The highest BCUT2D eigenvalue weighted by molar-refractivity contribution is 6.30. The molecule has 4 rings (SSSR count). The monoisotopic (exact) mass is 678 g/mol. The van der Waals surface area contributed by atoms with E-state index in [0.29, 0.717) is 36.3 Å². The molecule has 0 aliphatic rings. The summed E-state index contributed by atoms with van der Waals surface area (Å²) >= 11 is 12.1. The first-order chi connectivity index (χ1) is 22.7. The van der Waals surface area contributed by atoms with Gasteiger partial charge in [-0.3, -0.25) is 0 Å². The van der Waals surface area contributed by atoms with Crippen LogP contribution in [0.25, 0.3) is 0 Å². The van der Waals surface area contributed by atoms with Crippen molar-refractivity contribution in [2.75, 3.05) is 26.3 Å². The maximum Gasteiger partial charge on any atom is 0.119 e. The van der Waals surface area contributed by atoms with Crippen LogP contribution in [0.2, 0.25) is 10.0 Å². The van der Waals surface area contributed by atoms with Crippen molar-refractivity contribution in [2.24, 2.45) is 0 Å². The molecule has 0 aliphatic carbocycles. The normalized spacial score (nSPS) is 13.9. The minimum Gasteiger partial charge on any atom is -0.494 e. The Labute approximate surface area is 290 Å². The van der Waals surface area contributed by atoms with Crippen molar-refractivity contribution in [1.29, 1.82) is 0 Å². The number of hydrogen-bond acceptors (Lipinski definition) is 6. The van der Waals surface area contributed by atoms with Crippen LogP contribution in [0.1, 0.15) is 67.6 Å². The molecule has 6 nitrogen and oxygen atoms in total. The number of rotatable bonds is 20. The Kier molecular flexibility index (Phi) is 15.4. The topological polar surface area (TPSA) is 83.0 Å². The Bertz CT molecular complexity index is 1360. The molecule has 0 bridgehead atoms. The quantitative estimate of drug-likeness (QED) is 0.0707. The maximum atomic E-state index is 10.4. The SMILES string of the molecule is C[C@H](Cc1ccc(OCCCCCOc2ccc(C[C@@H](C)NC[C@H](O)c3cccc(Cl)c3)cc2)cc1)NC[C@H](O)c1cccc(Cl)c1. The van der Waals surface area contributed by atoms with Crippen LogP contribution in [-0.4, -0.2) is 48.6 Å². The van der Waals surface area contributed by atoms with Gasteiger partial charge in [0.2, 0.25) is 0 Å². The van der Waals surface area contributed by atoms with Crippen LogP contribution in [0.5, 0.6) is 11.5 Å². The summed E-state index contributed by atoms with van der Waals surface area (Å²) in [5, 5.41) is 28.9. The van der Waals surface area contributed by atoms with Gasteiger partial charge in [-0.2, -0.15) is 0 Å². The summed E-state index contributed by atoms with van der Waals surface area (Å²) in [6.07, 6.45) is 3.50. The Balaban J connectivity index is 1.03. The fraction of sp³-hybridized carbons (Fsp3) is 0.385. The smallest absolute Gasteiger partial charge is 0.119 e. The molecule has 0 aliphatic heterocycles. The number of unbranched alkanes of at least 4 members (excludes halogenated alkanes) is 2. The van der Waals surface area contributed by atoms with E-state index in [4.69, 9.17) is 32.7 Å². The first kappa shape index (κ1) is 36.7. The number of halogens is 2. The minimum absolute atomic E-state index is 0.217. The second kappa shape index (κ2) is 19.7. The number of benzene rings is 4. The molecule has 8 heteroatoms. The predicted octanol–water partition coefficient (Wildman–Crippen LogP) is 8.13. The highest BCUT2D eigenvalue weighted by Gasteiger charge is 2.12. The number of aliphatic hydroxyl groups excluding tert-OH is 2. The van der Waals surface area contributed by atoms with E-state index >= 15 is 0 Å². The van der Waals surface area contributed by atoms with Crippen molar-refractivity contribution in [3.05, 3.63) is 129 Å². The average Bonchev–Trinajstić information content (AvgIpc) is 3.07. The molecule has 47 heavy (non-hydrogen) atoms. The van der Waals surface area contributed by atoms with Crippen molar-refractivity contribution in [2.45, 2.75) is 70.2 Å². The summed E-state index contributed by atoms with van der Waals surface area (Å²) < 4.78 is 11.9. The fourth-order valence-electron chi connectivity index (χ4n) is 5.34. The van der Waals surface area contributed by atoms with Gasteiger partial charge < -0.3 is 30.3 Å². The van der Waals surface area contributed by atoms with Crippen molar-refractivity contribution in [1.82, 2.24) is 10.6 Å². The minimum atomic E-state index is -0.595. The van der Waals surface area contributed by atoms with Gasteiger partial charge in [-0.25, -0.2) is 0 Å². The summed E-state index contributed by atoms with van der Waals surface area (Å²) in [6.45, 7) is 6.53. The Hall–Kier alpha value is -3.10. The molecule has 252 valence electrons. The van der Waals surface area contributed by atoms with Crippen LogP contribution >= 0.6 is 23.2 Å². The molecule has 0 spiro atoms. The molecule has 0 saturated carbocycles. The standard InChI is InChI=1S/C39H48Cl2N2O4/c1-28(42-26-38(44)32-8-6-10-34(40)24-32)22-30-12-16-36(17-13-30)46-20-4-3-5-21-47-37-18-14-31(15-19-37)23-29(2)43-27-39(45)33-9-7-11-35(41)25-33/h6-19,24-25,28-29,38-39,42-45H,3-5,20-23,26-27H2,1-2H3/t28-,29-,38+,39+/m1/s1. The maximum absolute atomic E-state index is 10.4. The van der Waals surface area contributed by atoms with Crippen LogP contribution in [-0.2, 0) is 12.8 Å². The van der Waals surface area contributed by atoms with Crippen LogP contribution < -0.4 is 20.1 Å². The molecule has 0 amide bonds. The van der Waals surface area contributed by atoms with Crippen LogP contribution in [0.15, 0.2) is 97.1 Å². The molecular weight excluding hydrogens is 631 g/mol. The fourth-order valence-corrected chi connectivity index (χ4v) is 5.74. The lowest BCUT2D eigenvalue weighted by Gasteiger charge is -2.18. The second-order valence-corrected chi connectivity index (χ2v) is 13.1. The van der Waals surface area contributed by atoms with Gasteiger partial charge in [0.05, 0.1) is 25.4 Å². The van der Waals surface area contributed by atoms with Crippen LogP contribution in [0.3, 0.4) is 0 Å². The van der Waals surface area contributed by atoms with Crippen molar-refractivity contribution < 1.29 is 19.7 Å². The van der Waals surface area contributed by atoms with E-state index in [-0.39, 0.29) is 12.1 Å². The van der Waals surface area contributed by atoms with Gasteiger partial charge in [0.1, 0.15) is 11.5 Å². The molecule has 0 saturated heterocycles. The zero-order valence-electron chi connectivity index (χ0n) is 27.4. The third-order valence-corrected chi connectivity index (χ3v) is 8.51. The lowest BCUT2D eigenvalue weighted by molar-refractivity contribution is 0.170. The lowest BCUT2D eigenvalue weighted by atomic mass is 10.1. The third-order valence-electron chi connectivity index (χ3n) is 8.04. The van der Waals surface area contributed by atoms with Gasteiger partial charge >= 0.3 is 0 Å². The van der Waals surface area contributed by atoms with Gasteiger partial charge in [-0.1, -0.05) is 71.7 Å². The molecule has 4 atom stereocenters. The molecule has 4 aromatic rings. The highest BCUT2D eigenvalue weighted by Crippen LogP contribution is 2.20. The van der Waals surface area contributed by atoms with E-state index in [2.05, 4.69) is 48.7 Å². The zero-order valence-corrected chi connectivity index (χ0v) is 28.9. The van der Waals surface area contributed by atoms with Gasteiger partial charge in [0.15, 0.2) is 0 Å². The van der Waals surface area contributed by atoms with Crippen molar-refractivity contribution in [3.63, 3.8) is 0 Å². The Morgan fingerprint density at radius 2 is 0.979 bits per heavy atom. The average molecular weight is 680 g/mol. The van der Waals surface area contributed by atoms with Gasteiger partial charge in [0, 0.05) is 35.2 Å². The predicted molar refractivity (Wildman–Crippen MR) is 193 cm³/mol. The van der Waals surface area contributed by atoms with Crippen molar-refractivity contribution in [3.8, 4) is 11.5 Å². The summed E-state index contributed by atoms with van der Waals surface area (Å²) in [4.78, 5) is 0. The Morgan fingerprint density at radius 3 is 1.36 bits per heavy atom. The summed E-state index contributed by atoms with van der Waals surface area (Å²) in [6, 6.07) is 31.6. The number of nitrogens with one attached hydrogen (secondary N) is 2. The van der Waals surface area contributed by atoms with E-state index in [1.54, 1.807) is 24.3 Å². The molecule has 0 fully saturated rings. The first-order valence-corrected chi connectivity index (χ1v) is 17.3. The van der Waals surface area contributed by atoms with Crippen LogP contribution in [0.4, 0.5) is 0 Å². The van der Waals surface area contributed by atoms with Crippen LogP contribution in [0, 0.1) is 0 Å². The molecule has 0 unspecified atom stereocenters. The lowest BCUT2D eigenvalue weighted by Crippen LogP contribution is -2.32. The van der Waals surface area contributed by atoms with Gasteiger partial charge in [-0.15, -0.1) is 0 Å². The first-order valence-electron chi connectivity index (χ1n) is 16.5. The van der Waals surface area contributed by atoms with E-state index < -0.39 is 12.2 Å². The van der Waals surface area contributed by atoms with Crippen molar-refractivity contribution >= 4 is 23.2 Å². The Morgan fingerprint density at radius 1 is 0.574 bits per heavy atom. The number of ether oxygens (including phenoxy) is 2. The van der Waals surface area contributed by atoms with Gasteiger partial charge in [-0.05, 0) is 117 Å². The largest absolute Gasteiger partial charge is 0.494 e. The molecule has 4 N–H and O–H groups in total. The molecule has 0 radical (unpaired) electrons.